The largest absolute Gasteiger partial charge is 0.328 e. The van der Waals surface area contributed by atoms with E-state index in [1.165, 1.54) is 11.8 Å². The van der Waals surface area contributed by atoms with Crippen LogP contribution in [0.1, 0.15) is 0 Å². The molecule has 1 aliphatic rings. The van der Waals surface area contributed by atoms with Gasteiger partial charge in [-0.05, 0) is 24.3 Å². The zero-order valence-corrected chi connectivity index (χ0v) is 16.8. The quantitative estimate of drug-likeness (QED) is 0.368. The van der Waals surface area contributed by atoms with E-state index in [0.717, 1.165) is 17.1 Å². The van der Waals surface area contributed by atoms with Crippen LogP contribution in [0, 0.1) is 11.3 Å². The molecule has 0 amide bonds. The molecule has 2 heterocycles. The van der Waals surface area contributed by atoms with E-state index < -0.39 is 0 Å². The van der Waals surface area contributed by atoms with Gasteiger partial charge in [-0.2, -0.15) is 5.26 Å². The van der Waals surface area contributed by atoms with Crippen molar-refractivity contribution < 1.29 is 4.79 Å². The second-order valence-corrected chi connectivity index (χ2v) is 7.39. The average molecular weight is 402 g/mol. The van der Waals surface area contributed by atoms with Crippen molar-refractivity contribution in [2.45, 2.75) is 5.16 Å². The fourth-order valence-corrected chi connectivity index (χ4v) is 4.15. The lowest BCUT2D eigenvalue weighted by Gasteiger charge is -2.19. The highest BCUT2D eigenvalue weighted by molar-refractivity contribution is 7.99. The van der Waals surface area contributed by atoms with Crippen LogP contribution in [0.15, 0.2) is 77.5 Å². The van der Waals surface area contributed by atoms with Crippen molar-refractivity contribution in [3.63, 3.8) is 0 Å². The summed E-state index contributed by atoms with van der Waals surface area (Å²) in [6.07, 6.45) is 1.61. The Morgan fingerprint density at radius 1 is 1.03 bits per heavy atom. The molecule has 4 rings (SSSR count). The molecule has 0 fully saturated rings. The average Bonchev–Trinajstić information content (AvgIpc) is 3.32. The van der Waals surface area contributed by atoms with Gasteiger partial charge in [-0.3, -0.25) is 9.36 Å². The van der Waals surface area contributed by atoms with Crippen LogP contribution in [0.2, 0.25) is 0 Å². The number of allylic oxidation sites excluding steroid dienone is 1. The maximum absolute atomic E-state index is 12.9. The van der Waals surface area contributed by atoms with Crippen molar-refractivity contribution in [3.8, 4) is 11.8 Å². The number of nitriles is 1. The number of carbonyl (C=O) groups excluding carboxylic acids is 1. The van der Waals surface area contributed by atoms with E-state index in [9.17, 15) is 10.1 Å². The second kappa shape index (κ2) is 7.81. The molecule has 144 valence electrons. The summed E-state index contributed by atoms with van der Waals surface area (Å²) in [4.78, 5) is 16.7. The van der Waals surface area contributed by atoms with Crippen LogP contribution in [0.5, 0.6) is 0 Å². The molecule has 8 heteroatoms. The van der Waals surface area contributed by atoms with Crippen LogP contribution in [0.3, 0.4) is 0 Å². The third-order valence-corrected chi connectivity index (χ3v) is 5.68. The van der Waals surface area contributed by atoms with Crippen molar-refractivity contribution in [2.24, 2.45) is 0 Å². The van der Waals surface area contributed by atoms with E-state index >= 15 is 0 Å². The van der Waals surface area contributed by atoms with Crippen LogP contribution in [-0.2, 0) is 4.79 Å². The standard InChI is InChI=1S/C21H18N6OS/c1-25-17-10-6-7-11-18(17)26(2)20(25)16(12-22)19(28)13-29-21-24-23-14-27(21)15-8-4-3-5-9-15/h3-11,14H,13H2,1-2H3. The van der Waals surface area contributed by atoms with Gasteiger partial charge in [-0.1, -0.05) is 42.1 Å². The molecule has 0 atom stereocenters. The summed E-state index contributed by atoms with van der Waals surface area (Å²) in [5, 5.41) is 18.4. The normalized spacial score (nSPS) is 12.7. The third kappa shape index (κ3) is 3.37. The topological polar surface area (TPSA) is 78.0 Å². The van der Waals surface area contributed by atoms with Crippen LogP contribution in [-0.4, -0.2) is 40.4 Å². The molecular formula is C21H18N6OS. The highest BCUT2D eigenvalue weighted by Gasteiger charge is 2.31. The zero-order chi connectivity index (χ0) is 20.4. The first-order chi connectivity index (χ1) is 14.1. The lowest BCUT2D eigenvalue weighted by Crippen LogP contribution is -2.26. The second-order valence-electron chi connectivity index (χ2n) is 6.45. The van der Waals surface area contributed by atoms with Gasteiger partial charge in [0.1, 0.15) is 23.8 Å². The molecule has 3 aromatic rings. The number of rotatable bonds is 5. The number of nitrogens with zero attached hydrogens (tertiary/aromatic N) is 6. The Morgan fingerprint density at radius 3 is 2.28 bits per heavy atom. The Bertz CT molecular complexity index is 1100. The van der Waals surface area contributed by atoms with E-state index in [1.54, 1.807) is 6.33 Å². The van der Waals surface area contributed by atoms with Crippen LogP contribution in [0.4, 0.5) is 11.4 Å². The summed E-state index contributed by atoms with van der Waals surface area (Å²) in [5.41, 5.74) is 2.96. The van der Waals surface area contributed by atoms with Crippen LogP contribution in [0.25, 0.3) is 5.69 Å². The number of anilines is 2. The summed E-state index contributed by atoms with van der Waals surface area (Å²) >= 11 is 1.26. The number of fused-ring (bicyclic) bond motifs is 1. The van der Waals surface area contributed by atoms with Gasteiger partial charge in [0, 0.05) is 19.8 Å². The fourth-order valence-electron chi connectivity index (χ4n) is 3.35. The van der Waals surface area contributed by atoms with Crippen molar-refractivity contribution in [1.29, 1.82) is 5.26 Å². The number of hydrogen-bond donors (Lipinski definition) is 0. The Kier molecular flexibility index (Phi) is 5.06. The molecule has 0 aliphatic carbocycles. The molecular weight excluding hydrogens is 384 g/mol. The molecule has 0 spiro atoms. The summed E-state index contributed by atoms with van der Waals surface area (Å²) in [6.45, 7) is 0. The SMILES string of the molecule is CN1C(=C(C#N)C(=O)CSc2nncn2-c2ccccc2)N(C)c2ccccc21. The number of carbonyl (C=O) groups is 1. The minimum absolute atomic E-state index is 0.0932. The summed E-state index contributed by atoms with van der Waals surface area (Å²) in [5.74, 6) is 0.432. The number of para-hydroxylation sites is 3. The maximum atomic E-state index is 12.9. The molecule has 1 aliphatic heterocycles. The number of ketones is 1. The van der Waals surface area contributed by atoms with Gasteiger partial charge in [-0.25, -0.2) is 0 Å². The van der Waals surface area contributed by atoms with Crippen molar-refractivity contribution >= 4 is 28.9 Å². The molecule has 2 aromatic carbocycles. The van der Waals surface area contributed by atoms with E-state index in [-0.39, 0.29) is 17.1 Å². The van der Waals surface area contributed by atoms with E-state index in [0.29, 0.717) is 11.0 Å². The Hall–Kier alpha value is -3.57. The molecule has 0 saturated heterocycles. The predicted octanol–water partition coefficient (Wildman–Crippen LogP) is 3.25. The lowest BCUT2D eigenvalue weighted by molar-refractivity contribution is -0.112. The number of Topliss-reactive ketones (excluding diaryl/α,β-unsaturated/α-hetero) is 1. The van der Waals surface area contributed by atoms with Crippen molar-refractivity contribution in [3.05, 3.63) is 72.3 Å². The smallest absolute Gasteiger partial charge is 0.196 e. The van der Waals surface area contributed by atoms with Crippen LogP contribution >= 0.6 is 11.8 Å². The molecule has 1 aromatic heterocycles. The summed E-state index contributed by atoms with van der Waals surface area (Å²) < 4.78 is 1.82. The molecule has 0 N–H and O–H groups in total. The van der Waals surface area contributed by atoms with Gasteiger partial charge in [0.2, 0.25) is 0 Å². The molecule has 0 saturated carbocycles. The molecule has 0 unspecified atom stereocenters. The fraction of sp³-hybridized carbons (Fsp3) is 0.143. The zero-order valence-electron chi connectivity index (χ0n) is 16.0. The lowest BCUT2D eigenvalue weighted by atomic mass is 10.2. The molecule has 0 bridgehead atoms. The summed E-state index contributed by atoms with van der Waals surface area (Å²) in [6, 6.07) is 19.6. The predicted molar refractivity (Wildman–Crippen MR) is 113 cm³/mol. The van der Waals surface area contributed by atoms with Gasteiger partial charge in [-0.15, -0.1) is 10.2 Å². The first kappa shape index (κ1) is 18.8. The molecule has 29 heavy (non-hydrogen) atoms. The monoisotopic (exact) mass is 402 g/mol. The summed E-state index contributed by atoms with van der Waals surface area (Å²) in [7, 11) is 3.73. The van der Waals surface area contributed by atoms with E-state index in [1.807, 2.05) is 83.1 Å². The van der Waals surface area contributed by atoms with Gasteiger partial charge >= 0.3 is 0 Å². The molecule has 0 radical (unpaired) electrons. The number of benzene rings is 2. The minimum Gasteiger partial charge on any atom is -0.328 e. The van der Waals surface area contributed by atoms with E-state index in [4.69, 9.17) is 0 Å². The Morgan fingerprint density at radius 2 is 1.66 bits per heavy atom. The van der Waals surface area contributed by atoms with Crippen molar-refractivity contribution in [2.75, 3.05) is 29.6 Å². The number of aromatic nitrogens is 3. The number of thioether (sulfide) groups is 1. The van der Waals surface area contributed by atoms with Crippen molar-refractivity contribution in [1.82, 2.24) is 14.8 Å². The van der Waals surface area contributed by atoms with Gasteiger partial charge in [0.15, 0.2) is 10.9 Å². The Labute approximate surface area is 172 Å². The van der Waals surface area contributed by atoms with Crippen LogP contribution < -0.4 is 9.80 Å². The highest BCUT2D eigenvalue weighted by Crippen LogP contribution is 2.40. The molecule has 7 nitrogen and oxygen atoms in total. The number of hydrogen-bond acceptors (Lipinski definition) is 7. The highest BCUT2D eigenvalue weighted by atomic mass is 32.2. The van der Waals surface area contributed by atoms with Gasteiger partial charge in [0.25, 0.3) is 0 Å². The van der Waals surface area contributed by atoms with E-state index in [2.05, 4.69) is 16.3 Å². The van der Waals surface area contributed by atoms with Gasteiger partial charge in [0.05, 0.1) is 17.1 Å². The third-order valence-electron chi connectivity index (χ3n) is 4.74. The van der Waals surface area contributed by atoms with Gasteiger partial charge < -0.3 is 9.80 Å². The maximum Gasteiger partial charge on any atom is 0.196 e. The first-order valence-electron chi connectivity index (χ1n) is 8.94. The first-order valence-corrected chi connectivity index (χ1v) is 9.92. The Balaban J connectivity index is 1.57. The minimum atomic E-state index is -0.249.